The first-order valence-electron chi connectivity index (χ1n) is 7.43. The Morgan fingerprint density at radius 3 is 2.05 bits per heavy atom. The summed E-state index contributed by atoms with van der Waals surface area (Å²) in [5.74, 6) is 0.353. The molecule has 2 rings (SSSR count). The van der Waals surface area contributed by atoms with Gasteiger partial charge in [0.05, 0.1) is 4.90 Å². The Hall–Kier alpha value is -0.910. The lowest BCUT2D eigenvalue weighted by Crippen LogP contribution is -2.52. The fourth-order valence-electron chi connectivity index (χ4n) is 2.51. The van der Waals surface area contributed by atoms with Gasteiger partial charge in [0, 0.05) is 12.1 Å². The van der Waals surface area contributed by atoms with Gasteiger partial charge in [-0.3, -0.25) is 0 Å². The standard InChI is InChI=1S/C16H26N2O2S/c1-15(2,3)12-7-9-14(10-8-12)21(19,20)18-16(4,11-17)13-5-6-13/h7-10,13,18H,5-6,11,17H2,1-4H3. The highest BCUT2D eigenvalue weighted by Crippen LogP contribution is 2.39. The molecule has 0 radical (unpaired) electrons. The van der Waals surface area contributed by atoms with Gasteiger partial charge in [-0.25, -0.2) is 13.1 Å². The minimum absolute atomic E-state index is 0.00943. The van der Waals surface area contributed by atoms with E-state index in [1.54, 1.807) is 12.1 Å². The Bertz CT molecular complexity index is 598. The predicted molar refractivity (Wildman–Crippen MR) is 85.6 cm³/mol. The summed E-state index contributed by atoms with van der Waals surface area (Å²) >= 11 is 0. The fraction of sp³-hybridized carbons (Fsp3) is 0.625. The molecule has 0 spiro atoms. The van der Waals surface area contributed by atoms with Gasteiger partial charge in [0.1, 0.15) is 0 Å². The molecule has 3 N–H and O–H groups in total. The van der Waals surface area contributed by atoms with Gasteiger partial charge in [0.25, 0.3) is 0 Å². The Labute approximate surface area is 128 Å². The average molecular weight is 310 g/mol. The lowest BCUT2D eigenvalue weighted by molar-refractivity contribution is 0.374. The zero-order chi connectivity index (χ0) is 15.9. The highest BCUT2D eigenvalue weighted by Gasteiger charge is 2.43. The van der Waals surface area contributed by atoms with Crippen molar-refractivity contribution in [3.63, 3.8) is 0 Å². The van der Waals surface area contributed by atoms with Crippen molar-refractivity contribution in [2.45, 2.75) is 56.4 Å². The summed E-state index contributed by atoms with van der Waals surface area (Å²) in [6.07, 6.45) is 2.08. The van der Waals surface area contributed by atoms with E-state index in [4.69, 9.17) is 5.73 Å². The maximum atomic E-state index is 12.5. The molecule has 118 valence electrons. The van der Waals surface area contributed by atoms with Crippen LogP contribution in [0.1, 0.15) is 46.1 Å². The van der Waals surface area contributed by atoms with E-state index in [-0.39, 0.29) is 5.41 Å². The molecule has 1 aromatic carbocycles. The van der Waals surface area contributed by atoms with E-state index in [1.807, 2.05) is 19.1 Å². The monoisotopic (exact) mass is 310 g/mol. The molecule has 5 heteroatoms. The van der Waals surface area contributed by atoms with Crippen molar-refractivity contribution in [3.05, 3.63) is 29.8 Å². The number of sulfonamides is 1. The highest BCUT2D eigenvalue weighted by molar-refractivity contribution is 7.89. The summed E-state index contributed by atoms with van der Waals surface area (Å²) in [7, 11) is -3.53. The van der Waals surface area contributed by atoms with Crippen LogP contribution in [-0.2, 0) is 15.4 Å². The zero-order valence-corrected chi connectivity index (χ0v) is 14.1. The molecule has 1 saturated carbocycles. The van der Waals surface area contributed by atoms with Crippen molar-refractivity contribution < 1.29 is 8.42 Å². The normalized spacial score (nSPS) is 19.3. The Balaban J connectivity index is 2.23. The Morgan fingerprint density at radius 1 is 1.14 bits per heavy atom. The summed E-state index contributed by atoms with van der Waals surface area (Å²) in [6, 6.07) is 7.11. The number of rotatable bonds is 5. The lowest BCUT2D eigenvalue weighted by atomic mass is 9.87. The van der Waals surface area contributed by atoms with E-state index < -0.39 is 15.6 Å². The Morgan fingerprint density at radius 2 is 1.67 bits per heavy atom. The molecule has 21 heavy (non-hydrogen) atoms. The molecule has 1 aliphatic rings. The van der Waals surface area contributed by atoms with Gasteiger partial charge in [-0.1, -0.05) is 32.9 Å². The van der Waals surface area contributed by atoms with Crippen LogP contribution in [0.2, 0.25) is 0 Å². The van der Waals surface area contributed by atoms with Gasteiger partial charge in [-0.05, 0) is 48.8 Å². The first-order chi connectivity index (χ1) is 9.58. The second-order valence-corrected chi connectivity index (χ2v) is 8.96. The van der Waals surface area contributed by atoms with Gasteiger partial charge in [0.2, 0.25) is 10.0 Å². The minimum Gasteiger partial charge on any atom is -0.329 e. The van der Waals surface area contributed by atoms with Gasteiger partial charge in [-0.2, -0.15) is 0 Å². The molecular formula is C16H26N2O2S. The van der Waals surface area contributed by atoms with Crippen molar-refractivity contribution in [1.82, 2.24) is 4.72 Å². The summed E-state index contributed by atoms with van der Waals surface area (Å²) < 4.78 is 27.9. The number of hydrogen-bond donors (Lipinski definition) is 2. The predicted octanol–water partition coefficient (Wildman–Crippen LogP) is 2.39. The van der Waals surface area contributed by atoms with Gasteiger partial charge < -0.3 is 5.73 Å². The van der Waals surface area contributed by atoms with Gasteiger partial charge in [-0.15, -0.1) is 0 Å². The number of nitrogens with one attached hydrogen (secondary N) is 1. The number of benzene rings is 1. The molecule has 0 heterocycles. The molecule has 4 nitrogen and oxygen atoms in total. The fourth-order valence-corrected chi connectivity index (χ4v) is 3.99. The minimum atomic E-state index is -3.53. The third-order valence-corrected chi connectivity index (χ3v) is 5.93. The second kappa shape index (κ2) is 5.38. The van der Waals surface area contributed by atoms with Crippen LogP contribution in [0.15, 0.2) is 29.2 Å². The quantitative estimate of drug-likeness (QED) is 0.877. The van der Waals surface area contributed by atoms with Crippen LogP contribution in [0.3, 0.4) is 0 Å². The molecule has 0 amide bonds. The van der Waals surface area contributed by atoms with Crippen LogP contribution in [0.4, 0.5) is 0 Å². The molecule has 1 atom stereocenters. The summed E-state index contributed by atoms with van der Waals surface area (Å²) in [6.45, 7) is 8.52. The zero-order valence-electron chi connectivity index (χ0n) is 13.3. The molecule has 1 aromatic rings. The molecule has 1 aliphatic carbocycles. The van der Waals surface area contributed by atoms with Crippen molar-refractivity contribution in [2.75, 3.05) is 6.54 Å². The molecular weight excluding hydrogens is 284 g/mol. The second-order valence-electron chi connectivity index (χ2n) is 7.28. The van der Waals surface area contributed by atoms with Crippen molar-refractivity contribution >= 4 is 10.0 Å². The van der Waals surface area contributed by atoms with Crippen LogP contribution in [0, 0.1) is 5.92 Å². The van der Waals surface area contributed by atoms with Crippen LogP contribution in [-0.4, -0.2) is 20.5 Å². The third-order valence-electron chi connectivity index (χ3n) is 4.30. The van der Waals surface area contributed by atoms with Gasteiger partial charge >= 0.3 is 0 Å². The summed E-state index contributed by atoms with van der Waals surface area (Å²) in [4.78, 5) is 0.302. The average Bonchev–Trinajstić information content (AvgIpc) is 3.22. The van der Waals surface area contributed by atoms with Crippen molar-refractivity contribution in [2.24, 2.45) is 11.7 Å². The van der Waals surface area contributed by atoms with E-state index in [2.05, 4.69) is 25.5 Å². The largest absolute Gasteiger partial charge is 0.329 e. The van der Waals surface area contributed by atoms with E-state index in [9.17, 15) is 8.42 Å². The van der Waals surface area contributed by atoms with Crippen LogP contribution in [0.5, 0.6) is 0 Å². The smallest absolute Gasteiger partial charge is 0.241 e. The molecule has 1 unspecified atom stereocenters. The molecule has 0 aliphatic heterocycles. The van der Waals surface area contributed by atoms with Crippen molar-refractivity contribution in [3.8, 4) is 0 Å². The van der Waals surface area contributed by atoms with Crippen LogP contribution >= 0.6 is 0 Å². The summed E-state index contributed by atoms with van der Waals surface area (Å²) in [5, 5.41) is 0. The van der Waals surface area contributed by atoms with Crippen LogP contribution < -0.4 is 10.5 Å². The number of nitrogens with two attached hydrogens (primary N) is 1. The first-order valence-corrected chi connectivity index (χ1v) is 8.91. The lowest BCUT2D eigenvalue weighted by Gasteiger charge is -2.29. The highest BCUT2D eigenvalue weighted by atomic mass is 32.2. The van der Waals surface area contributed by atoms with Crippen molar-refractivity contribution in [1.29, 1.82) is 0 Å². The maximum absolute atomic E-state index is 12.5. The molecule has 0 saturated heterocycles. The number of hydrogen-bond acceptors (Lipinski definition) is 3. The maximum Gasteiger partial charge on any atom is 0.241 e. The third kappa shape index (κ3) is 3.65. The van der Waals surface area contributed by atoms with E-state index in [0.29, 0.717) is 17.4 Å². The molecule has 1 fully saturated rings. The van der Waals surface area contributed by atoms with E-state index in [1.165, 1.54) is 0 Å². The summed E-state index contributed by atoms with van der Waals surface area (Å²) in [5.41, 5.74) is 6.37. The van der Waals surface area contributed by atoms with E-state index in [0.717, 1.165) is 18.4 Å². The topological polar surface area (TPSA) is 72.2 Å². The van der Waals surface area contributed by atoms with Crippen LogP contribution in [0.25, 0.3) is 0 Å². The molecule has 0 bridgehead atoms. The van der Waals surface area contributed by atoms with E-state index >= 15 is 0 Å². The SMILES string of the molecule is CC(C)(C)c1ccc(S(=O)(=O)NC(C)(CN)C2CC2)cc1. The Kier molecular flexibility index (Phi) is 4.21. The van der Waals surface area contributed by atoms with Gasteiger partial charge in [0.15, 0.2) is 0 Å². The molecule has 0 aromatic heterocycles. The first kappa shape index (κ1) is 16.5.